The van der Waals surface area contributed by atoms with Gasteiger partial charge in [-0.1, -0.05) is 13.2 Å². The summed E-state index contributed by atoms with van der Waals surface area (Å²) in [5.41, 5.74) is 0. The lowest BCUT2D eigenvalue weighted by Crippen LogP contribution is -2.13. The Bertz CT molecular complexity index is 293. The molecule has 0 bridgehead atoms. The Kier molecular flexibility index (Phi) is 64.2. The summed E-state index contributed by atoms with van der Waals surface area (Å²) in [6.07, 6.45) is 2.26. The van der Waals surface area contributed by atoms with Crippen LogP contribution in [0.15, 0.2) is 25.7 Å². The molecule has 0 amide bonds. The van der Waals surface area contributed by atoms with Gasteiger partial charge in [0, 0.05) is 42.3 Å². The molecule has 0 aromatic rings. The highest BCUT2D eigenvalue weighted by molar-refractivity contribution is 5.65. The largest absolute Gasteiger partial charge is 0.505 e. The zero-order valence-electron chi connectivity index (χ0n) is 18.9. The molecule has 0 aliphatic rings. The van der Waals surface area contributed by atoms with Gasteiger partial charge in [-0.3, -0.25) is 9.59 Å². The maximum Gasteiger partial charge on any atom is 0.304 e. The number of aliphatic hydroxyl groups is 1. The molecule has 0 aromatic heterocycles. The van der Waals surface area contributed by atoms with E-state index in [1.807, 2.05) is 6.92 Å². The lowest BCUT2D eigenvalue weighted by molar-refractivity contribution is -0.167. The Hall–Kier alpha value is -2.14. The van der Waals surface area contributed by atoms with Crippen LogP contribution in [-0.2, 0) is 38.0 Å². The van der Waals surface area contributed by atoms with Gasteiger partial charge in [-0.25, -0.2) is 0 Å². The quantitative estimate of drug-likeness (QED) is 0.378. The second-order valence-corrected chi connectivity index (χ2v) is 3.78. The van der Waals surface area contributed by atoms with E-state index >= 15 is 0 Å². The van der Waals surface area contributed by atoms with Gasteiger partial charge in [-0.05, 0) is 13.8 Å². The minimum Gasteiger partial charge on any atom is -0.505 e. The number of carbonyl (C=O) groups excluding carboxylic acids is 1. The van der Waals surface area contributed by atoms with Crippen molar-refractivity contribution < 1.29 is 48.2 Å². The molecule has 2 N–H and O–H groups in total. The van der Waals surface area contributed by atoms with E-state index in [0.717, 1.165) is 14.0 Å². The van der Waals surface area contributed by atoms with Crippen molar-refractivity contribution in [1.29, 1.82) is 0 Å². The Balaban J connectivity index is -0.0000000545. The first kappa shape index (κ1) is 40.5. The first-order valence-corrected chi connectivity index (χ1v) is 7.71. The van der Waals surface area contributed by atoms with Gasteiger partial charge in [0.15, 0.2) is 12.6 Å². The Morgan fingerprint density at radius 1 is 0.786 bits per heavy atom. The third kappa shape index (κ3) is 128. The van der Waals surface area contributed by atoms with Crippen LogP contribution in [0.2, 0.25) is 0 Å². The monoisotopic (exact) mass is 416 g/mol. The van der Waals surface area contributed by atoms with Crippen LogP contribution in [0.5, 0.6) is 0 Å². The zero-order valence-corrected chi connectivity index (χ0v) is 18.9. The van der Waals surface area contributed by atoms with Gasteiger partial charge in [0.1, 0.15) is 0 Å². The highest BCUT2D eigenvalue weighted by Crippen LogP contribution is 1.89. The lowest BCUT2D eigenvalue weighted by atomic mass is 10.7. The van der Waals surface area contributed by atoms with E-state index in [1.165, 1.54) is 26.6 Å². The summed E-state index contributed by atoms with van der Waals surface area (Å²) in [6, 6.07) is 0. The van der Waals surface area contributed by atoms with Gasteiger partial charge in [-0.15, -0.1) is 0 Å². The predicted octanol–water partition coefficient (Wildman–Crippen LogP) is 2.42. The van der Waals surface area contributed by atoms with E-state index in [-0.39, 0.29) is 12.3 Å². The van der Waals surface area contributed by atoms with Crippen molar-refractivity contribution in [3.8, 4) is 0 Å². The molecule has 0 saturated carbocycles. The van der Waals surface area contributed by atoms with Crippen LogP contribution in [0.3, 0.4) is 0 Å². The molecule has 0 rings (SSSR count). The molecular formula is C18H40O10. The number of carboxylic acid groups (broad SMARTS) is 1. The van der Waals surface area contributed by atoms with Crippen molar-refractivity contribution in [2.75, 3.05) is 42.7 Å². The fraction of sp³-hybridized carbons (Fsp3) is 0.667. The number of methoxy groups -OCH3 is 5. The Labute approximate surface area is 169 Å². The number of hydrogen-bond donors (Lipinski definition) is 2. The number of ether oxygens (including phenoxy) is 6. The first-order valence-electron chi connectivity index (χ1n) is 7.71. The lowest BCUT2D eigenvalue weighted by Gasteiger charge is -2.07. The highest BCUT2D eigenvalue weighted by Gasteiger charge is 1.99. The maximum atomic E-state index is 10.1. The average molecular weight is 417 g/mol. The normalized spacial score (nSPS) is 8.43. The highest BCUT2D eigenvalue weighted by atomic mass is 16.7. The molecule has 0 spiro atoms. The number of aliphatic hydroxyl groups excluding tert-OH is 1. The average Bonchev–Trinajstić information content (AvgIpc) is 2.68. The van der Waals surface area contributed by atoms with Gasteiger partial charge in [0.2, 0.25) is 0 Å². The number of rotatable bonds is 6. The molecule has 10 heteroatoms. The molecular weight excluding hydrogens is 376 g/mol. The summed E-state index contributed by atoms with van der Waals surface area (Å²) >= 11 is 0. The van der Waals surface area contributed by atoms with Crippen molar-refractivity contribution in [3.05, 3.63) is 25.7 Å². The molecule has 172 valence electrons. The van der Waals surface area contributed by atoms with E-state index in [9.17, 15) is 4.79 Å². The number of carbonyl (C=O) groups is 2. The fourth-order valence-electron chi connectivity index (χ4n) is 0.378. The fourth-order valence-corrected chi connectivity index (χ4v) is 0.378. The van der Waals surface area contributed by atoms with Crippen LogP contribution in [0.25, 0.3) is 0 Å². The topological polar surface area (TPSA) is 130 Å². The van der Waals surface area contributed by atoms with Gasteiger partial charge in [-0.2, -0.15) is 0 Å². The molecule has 0 aliphatic heterocycles. The molecule has 0 fully saturated rings. The Morgan fingerprint density at radius 3 is 1.04 bits per heavy atom. The van der Waals surface area contributed by atoms with Gasteiger partial charge >= 0.3 is 5.97 Å². The van der Waals surface area contributed by atoms with Crippen molar-refractivity contribution >= 4 is 11.9 Å². The molecule has 1 unspecified atom stereocenters. The number of aliphatic carboxylic acids is 1. The van der Waals surface area contributed by atoms with Crippen LogP contribution < -0.4 is 0 Å². The summed E-state index contributed by atoms with van der Waals surface area (Å²) in [6.45, 7) is 12.4. The van der Waals surface area contributed by atoms with Crippen molar-refractivity contribution in [2.45, 2.75) is 40.3 Å². The summed E-state index contributed by atoms with van der Waals surface area (Å²) in [4.78, 5) is 19.1. The molecule has 28 heavy (non-hydrogen) atoms. The first-order chi connectivity index (χ1) is 13.0. The van der Waals surface area contributed by atoms with Crippen LogP contribution >= 0.6 is 0 Å². The van der Waals surface area contributed by atoms with Crippen LogP contribution in [0, 0.1) is 0 Å². The van der Waals surface area contributed by atoms with E-state index in [1.54, 1.807) is 35.4 Å². The zero-order chi connectivity index (χ0) is 24.0. The third-order valence-electron chi connectivity index (χ3n) is 1.66. The van der Waals surface area contributed by atoms with Crippen LogP contribution in [0.4, 0.5) is 0 Å². The van der Waals surface area contributed by atoms with Crippen molar-refractivity contribution in [3.63, 3.8) is 0 Å². The summed E-state index contributed by atoms with van der Waals surface area (Å²) < 4.78 is 27.1. The van der Waals surface area contributed by atoms with Gasteiger partial charge < -0.3 is 38.6 Å². The third-order valence-corrected chi connectivity index (χ3v) is 1.66. The number of esters is 1. The Morgan fingerprint density at radius 2 is 1.00 bits per heavy atom. The SMILES string of the molecule is C=COC.C=COC.CC(=O)O.CO.COC(C)OC.COC(C)OC(C)=O. The smallest absolute Gasteiger partial charge is 0.304 e. The second-order valence-electron chi connectivity index (χ2n) is 3.78. The van der Waals surface area contributed by atoms with E-state index in [2.05, 4.69) is 41.6 Å². The molecule has 0 heterocycles. The maximum absolute atomic E-state index is 10.1. The minimum atomic E-state index is -0.833. The standard InChI is InChI=1S/C5H10O3.C4H10O2.2C3H6O.C2H4O2.CH4O/c1-4(6)8-5(2)7-3;1-4(5-2)6-3;2*1-3-4-2;1-2(3)4;1-2/h5H,1-3H3;4H,1-3H3;2*3H,1H2,2H3;1H3,(H,3,4);2H,1H3. The molecule has 0 saturated heterocycles. The molecule has 10 nitrogen and oxygen atoms in total. The van der Waals surface area contributed by atoms with E-state index in [4.69, 9.17) is 15.0 Å². The predicted molar refractivity (Wildman–Crippen MR) is 108 cm³/mol. The molecule has 0 aliphatic carbocycles. The molecule has 0 aromatic carbocycles. The second kappa shape index (κ2) is 44.4. The van der Waals surface area contributed by atoms with E-state index in [0.29, 0.717) is 0 Å². The summed E-state index contributed by atoms with van der Waals surface area (Å²) in [5, 5.41) is 14.4. The summed E-state index contributed by atoms with van der Waals surface area (Å²) in [5.74, 6) is -1.15. The van der Waals surface area contributed by atoms with Crippen LogP contribution in [-0.4, -0.2) is 77.4 Å². The molecule has 0 radical (unpaired) electrons. The van der Waals surface area contributed by atoms with E-state index < -0.39 is 12.3 Å². The van der Waals surface area contributed by atoms with Gasteiger partial charge in [0.25, 0.3) is 5.97 Å². The van der Waals surface area contributed by atoms with Gasteiger partial charge in [0.05, 0.1) is 26.7 Å². The minimum absolute atomic E-state index is 0.0648. The number of hydrogen-bond acceptors (Lipinski definition) is 9. The van der Waals surface area contributed by atoms with Crippen LogP contribution in [0.1, 0.15) is 27.7 Å². The molecule has 1 atom stereocenters. The summed E-state index contributed by atoms with van der Waals surface area (Å²) in [7, 11) is 8.82. The number of carboxylic acids is 1. The van der Waals surface area contributed by atoms with Crippen molar-refractivity contribution in [1.82, 2.24) is 0 Å². The van der Waals surface area contributed by atoms with Crippen molar-refractivity contribution in [2.24, 2.45) is 0 Å².